The predicted molar refractivity (Wildman–Crippen MR) is 177 cm³/mol. The van der Waals surface area contributed by atoms with Crippen LogP contribution in [-0.4, -0.2) is 13.2 Å². The van der Waals surface area contributed by atoms with Gasteiger partial charge in [-0.2, -0.15) is 0 Å². The summed E-state index contributed by atoms with van der Waals surface area (Å²) in [7, 11) is 0. The number of nitrogens with zero attached hydrogens (tertiary/aromatic N) is 1. The molecule has 3 heteroatoms. The monoisotopic (exact) mass is 551 g/mol. The average Bonchev–Trinajstić information content (AvgIpc) is 3.04. The van der Waals surface area contributed by atoms with Crippen LogP contribution in [0.5, 0.6) is 11.5 Å². The van der Waals surface area contributed by atoms with Gasteiger partial charge in [-0.25, -0.2) is 0 Å². The van der Waals surface area contributed by atoms with Crippen LogP contribution >= 0.6 is 0 Å². The Morgan fingerprint density at radius 1 is 0.500 bits per heavy atom. The van der Waals surface area contributed by atoms with Crippen molar-refractivity contribution in [2.45, 2.75) is 19.8 Å². The molecular formula is C39H37NO2. The molecule has 0 fully saturated rings. The van der Waals surface area contributed by atoms with Gasteiger partial charge in [0.05, 0.1) is 13.2 Å². The highest BCUT2D eigenvalue weighted by Gasteiger charge is 2.13. The van der Waals surface area contributed by atoms with Gasteiger partial charge in [-0.05, 0) is 89.8 Å². The summed E-state index contributed by atoms with van der Waals surface area (Å²) in [4.78, 5) is 2.29. The quantitative estimate of drug-likeness (QED) is 0.145. The van der Waals surface area contributed by atoms with E-state index in [0.717, 1.165) is 52.5 Å². The minimum Gasteiger partial charge on any atom is -0.493 e. The van der Waals surface area contributed by atoms with Crippen molar-refractivity contribution < 1.29 is 9.47 Å². The molecule has 42 heavy (non-hydrogen) atoms. The van der Waals surface area contributed by atoms with Crippen LogP contribution in [0, 0.1) is 6.92 Å². The molecule has 0 bridgehead atoms. The molecule has 0 aliphatic rings. The van der Waals surface area contributed by atoms with E-state index >= 15 is 0 Å². The van der Waals surface area contributed by atoms with Crippen molar-refractivity contribution in [3.05, 3.63) is 162 Å². The lowest BCUT2D eigenvalue weighted by molar-refractivity contribution is 0.322. The van der Waals surface area contributed by atoms with E-state index in [4.69, 9.17) is 9.47 Å². The zero-order valence-electron chi connectivity index (χ0n) is 24.2. The van der Waals surface area contributed by atoms with E-state index in [2.05, 4.69) is 97.8 Å². The Labute approximate surface area is 250 Å². The second-order valence-electron chi connectivity index (χ2n) is 10.2. The van der Waals surface area contributed by atoms with Crippen LogP contribution in [-0.2, 0) is 12.8 Å². The van der Waals surface area contributed by atoms with Gasteiger partial charge in [0.25, 0.3) is 0 Å². The summed E-state index contributed by atoms with van der Waals surface area (Å²) >= 11 is 0. The normalized spacial score (nSPS) is 10.6. The van der Waals surface area contributed by atoms with Crippen molar-refractivity contribution in [3.63, 3.8) is 0 Å². The molecule has 5 rings (SSSR count). The third kappa shape index (κ3) is 7.58. The molecule has 3 nitrogen and oxygen atoms in total. The van der Waals surface area contributed by atoms with Crippen LogP contribution in [0.1, 0.15) is 27.8 Å². The Morgan fingerprint density at radius 3 is 1.21 bits per heavy atom. The molecule has 0 unspecified atom stereocenters. The Morgan fingerprint density at radius 2 is 0.857 bits per heavy atom. The van der Waals surface area contributed by atoms with Crippen LogP contribution in [0.25, 0.3) is 12.2 Å². The molecule has 0 saturated heterocycles. The fraction of sp³-hybridized carbons (Fsp3) is 0.128. The zero-order chi connectivity index (χ0) is 29.1. The largest absolute Gasteiger partial charge is 0.493 e. The van der Waals surface area contributed by atoms with E-state index in [1.165, 1.54) is 16.7 Å². The second kappa shape index (κ2) is 14.0. The fourth-order valence-electron chi connectivity index (χ4n) is 4.74. The molecule has 0 spiro atoms. The summed E-state index contributed by atoms with van der Waals surface area (Å²) in [6, 6.07) is 42.2. The van der Waals surface area contributed by atoms with Gasteiger partial charge in [0.1, 0.15) is 11.5 Å². The molecule has 210 valence electrons. The van der Waals surface area contributed by atoms with Gasteiger partial charge in [-0.15, -0.1) is 0 Å². The molecule has 0 aromatic heterocycles. The predicted octanol–water partition coefficient (Wildman–Crippen LogP) is 9.99. The highest BCUT2D eigenvalue weighted by atomic mass is 16.5. The zero-order valence-corrected chi connectivity index (χ0v) is 24.2. The van der Waals surface area contributed by atoms with Crippen LogP contribution < -0.4 is 14.4 Å². The number of rotatable bonds is 13. The summed E-state index contributed by atoms with van der Waals surface area (Å²) in [6.45, 7) is 11.0. The summed E-state index contributed by atoms with van der Waals surface area (Å²) in [6.07, 6.45) is 5.34. The SMILES string of the molecule is C=Cc1ccc(OCCc2ccc(N(c3ccc(C)cc3)c3ccc(CCOc4ccc(C=C)cc4)cc3)cc2)cc1. The fourth-order valence-corrected chi connectivity index (χ4v) is 4.74. The van der Waals surface area contributed by atoms with E-state index in [0.29, 0.717) is 13.2 Å². The summed E-state index contributed by atoms with van der Waals surface area (Å²) in [5, 5.41) is 0. The average molecular weight is 552 g/mol. The summed E-state index contributed by atoms with van der Waals surface area (Å²) in [5.74, 6) is 1.75. The third-order valence-corrected chi connectivity index (χ3v) is 7.23. The van der Waals surface area contributed by atoms with Crippen molar-refractivity contribution in [3.8, 4) is 11.5 Å². The van der Waals surface area contributed by atoms with Gasteiger partial charge in [-0.1, -0.05) is 91.5 Å². The lowest BCUT2D eigenvalue weighted by Crippen LogP contribution is -2.10. The summed E-state index contributed by atoms with van der Waals surface area (Å²) < 4.78 is 11.9. The van der Waals surface area contributed by atoms with Crippen molar-refractivity contribution >= 4 is 29.2 Å². The Kier molecular flexibility index (Phi) is 9.54. The maximum Gasteiger partial charge on any atom is 0.119 e. The minimum absolute atomic E-state index is 0.625. The van der Waals surface area contributed by atoms with Crippen LogP contribution in [0.4, 0.5) is 17.1 Å². The molecule has 0 radical (unpaired) electrons. The van der Waals surface area contributed by atoms with Gasteiger partial charge in [0, 0.05) is 29.9 Å². The topological polar surface area (TPSA) is 21.7 Å². The van der Waals surface area contributed by atoms with Gasteiger partial charge >= 0.3 is 0 Å². The highest BCUT2D eigenvalue weighted by Crippen LogP contribution is 2.35. The van der Waals surface area contributed by atoms with Crippen LogP contribution in [0.2, 0.25) is 0 Å². The number of ether oxygens (including phenoxy) is 2. The first kappa shape index (κ1) is 28.5. The third-order valence-electron chi connectivity index (χ3n) is 7.23. The number of aryl methyl sites for hydroxylation is 1. The molecule has 0 atom stereocenters. The molecule has 0 saturated carbocycles. The van der Waals surface area contributed by atoms with Crippen molar-refractivity contribution in [1.82, 2.24) is 0 Å². The van der Waals surface area contributed by atoms with E-state index in [-0.39, 0.29) is 0 Å². The Balaban J connectivity index is 1.24. The molecule has 5 aromatic carbocycles. The number of anilines is 3. The molecule has 0 aliphatic heterocycles. The first-order chi connectivity index (χ1) is 20.6. The lowest BCUT2D eigenvalue weighted by Gasteiger charge is -2.26. The van der Waals surface area contributed by atoms with Crippen LogP contribution in [0.15, 0.2) is 134 Å². The van der Waals surface area contributed by atoms with Gasteiger partial charge < -0.3 is 14.4 Å². The van der Waals surface area contributed by atoms with Gasteiger partial charge in [0.15, 0.2) is 0 Å². The van der Waals surface area contributed by atoms with Crippen molar-refractivity contribution in [2.24, 2.45) is 0 Å². The standard InChI is InChI=1S/C39H37NO2/c1-4-31-12-22-38(23-13-31)41-28-26-33-8-18-36(19-9-33)40(35-16-6-30(3)7-17-35)37-20-10-34(11-21-37)27-29-42-39-24-14-32(5-2)15-25-39/h4-25H,1-2,26-29H2,3H3. The first-order valence-corrected chi connectivity index (χ1v) is 14.4. The van der Waals surface area contributed by atoms with Gasteiger partial charge in [0.2, 0.25) is 0 Å². The van der Waals surface area contributed by atoms with E-state index in [1.807, 2.05) is 60.7 Å². The number of benzene rings is 5. The molecule has 0 aliphatic carbocycles. The van der Waals surface area contributed by atoms with E-state index in [9.17, 15) is 0 Å². The maximum atomic E-state index is 5.95. The van der Waals surface area contributed by atoms with Gasteiger partial charge in [-0.3, -0.25) is 0 Å². The molecule has 0 amide bonds. The van der Waals surface area contributed by atoms with E-state index < -0.39 is 0 Å². The summed E-state index contributed by atoms with van der Waals surface area (Å²) in [5.41, 5.74) is 9.24. The van der Waals surface area contributed by atoms with Crippen LogP contribution in [0.3, 0.4) is 0 Å². The Bertz CT molecular complexity index is 1470. The second-order valence-corrected chi connectivity index (χ2v) is 10.2. The minimum atomic E-state index is 0.625. The lowest BCUT2D eigenvalue weighted by atomic mass is 10.1. The molecular weight excluding hydrogens is 514 g/mol. The first-order valence-electron chi connectivity index (χ1n) is 14.4. The molecule has 0 heterocycles. The van der Waals surface area contributed by atoms with Crippen molar-refractivity contribution in [2.75, 3.05) is 18.1 Å². The number of hydrogen-bond donors (Lipinski definition) is 0. The van der Waals surface area contributed by atoms with Crippen molar-refractivity contribution in [1.29, 1.82) is 0 Å². The van der Waals surface area contributed by atoms with E-state index in [1.54, 1.807) is 0 Å². The maximum absolute atomic E-state index is 5.95. The molecule has 5 aromatic rings. The molecule has 0 N–H and O–H groups in total. The number of hydrogen-bond acceptors (Lipinski definition) is 3. The highest BCUT2D eigenvalue weighted by molar-refractivity contribution is 5.76. The smallest absolute Gasteiger partial charge is 0.119 e. The Hall–Kier alpha value is -5.02.